The van der Waals surface area contributed by atoms with Gasteiger partial charge in [-0.15, -0.1) is 0 Å². The average Bonchev–Trinajstić information content (AvgIpc) is 2.20. The van der Waals surface area contributed by atoms with Crippen molar-refractivity contribution in [1.29, 1.82) is 0 Å². The van der Waals surface area contributed by atoms with Crippen molar-refractivity contribution in [3.63, 3.8) is 0 Å². The molecule has 0 aromatic carbocycles. The SMILES string of the molecule is Cc1c(Cl)[nH]c(=O)n(CC(C)C(C)C)c1=O. The van der Waals surface area contributed by atoms with Crippen LogP contribution in [-0.4, -0.2) is 9.55 Å². The molecular formula is C11H17ClN2O2. The second kappa shape index (κ2) is 4.87. The van der Waals surface area contributed by atoms with Crippen LogP contribution in [0.1, 0.15) is 26.3 Å². The first-order chi connectivity index (χ1) is 7.34. The summed E-state index contributed by atoms with van der Waals surface area (Å²) in [4.78, 5) is 25.9. The van der Waals surface area contributed by atoms with Gasteiger partial charge in [0.1, 0.15) is 5.15 Å². The molecule has 1 N–H and O–H groups in total. The molecule has 1 aromatic heterocycles. The zero-order valence-electron chi connectivity index (χ0n) is 10.0. The van der Waals surface area contributed by atoms with Crippen LogP contribution in [0.15, 0.2) is 9.59 Å². The Morgan fingerprint density at radius 1 is 1.31 bits per heavy atom. The van der Waals surface area contributed by atoms with Gasteiger partial charge in [0.2, 0.25) is 0 Å². The summed E-state index contributed by atoms with van der Waals surface area (Å²) in [5.74, 6) is 0.682. The molecule has 5 heteroatoms. The van der Waals surface area contributed by atoms with E-state index in [1.165, 1.54) is 4.57 Å². The van der Waals surface area contributed by atoms with Crippen LogP contribution in [0, 0.1) is 18.8 Å². The maximum atomic E-state index is 11.8. The molecule has 0 saturated heterocycles. The lowest BCUT2D eigenvalue weighted by Gasteiger charge is -2.16. The molecule has 0 aliphatic rings. The zero-order chi connectivity index (χ0) is 12.5. The molecule has 1 aromatic rings. The second-order valence-corrected chi connectivity index (χ2v) is 4.88. The van der Waals surface area contributed by atoms with Gasteiger partial charge in [0.25, 0.3) is 5.56 Å². The smallest absolute Gasteiger partial charge is 0.297 e. The van der Waals surface area contributed by atoms with E-state index in [2.05, 4.69) is 18.8 Å². The fraction of sp³-hybridized carbons (Fsp3) is 0.636. The third kappa shape index (κ3) is 2.55. The van der Waals surface area contributed by atoms with E-state index >= 15 is 0 Å². The first-order valence-electron chi connectivity index (χ1n) is 5.33. The van der Waals surface area contributed by atoms with Crippen LogP contribution in [0.5, 0.6) is 0 Å². The summed E-state index contributed by atoms with van der Waals surface area (Å²) >= 11 is 5.72. The first kappa shape index (κ1) is 13.0. The zero-order valence-corrected chi connectivity index (χ0v) is 10.8. The Hall–Kier alpha value is -1.03. The molecule has 90 valence electrons. The predicted molar refractivity (Wildman–Crippen MR) is 65.1 cm³/mol. The largest absolute Gasteiger partial charge is 0.329 e. The van der Waals surface area contributed by atoms with Crippen LogP contribution in [0.2, 0.25) is 5.15 Å². The predicted octanol–water partition coefficient (Wildman–Crippen LogP) is 1.79. The van der Waals surface area contributed by atoms with Crippen molar-refractivity contribution in [3.8, 4) is 0 Å². The Morgan fingerprint density at radius 3 is 2.38 bits per heavy atom. The number of H-pyrrole nitrogens is 1. The second-order valence-electron chi connectivity index (χ2n) is 4.51. The number of aromatic amines is 1. The molecule has 0 radical (unpaired) electrons. The highest BCUT2D eigenvalue weighted by Gasteiger charge is 2.13. The maximum Gasteiger partial charge on any atom is 0.329 e. The van der Waals surface area contributed by atoms with Crippen LogP contribution in [0.4, 0.5) is 0 Å². The number of hydrogen-bond donors (Lipinski definition) is 1. The van der Waals surface area contributed by atoms with E-state index in [9.17, 15) is 9.59 Å². The number of rotatable bonds is 3. The quantitative estimate of drug-likeness (QED) is 0.825. The van der Waals surface area contributed by atoms with Gasteiger partial charge in [-0.1, -0.05) is 32.4 Å². The van der Waals surface area contributed by atoms with Crippen molar-refractivity contribution < 1.29 is 0 Å². The van der Waals surface area contributed by atoms with Crippen molar-refractivity contribution in [2.45, 2.75) is 34.2 Å². The summed E-state index contributed by atoms with van der Waals surface area (Å²) in [6.07, 6.45) is 0. The topological polar surface area (TPSA) is 54.9 Å². The lowest BCUT2D eigenvalue weighted by Crippen LogP contribution is -2.38. The van der Waals surface area contributed by atoms with Crippen molar-refractivity contribution >= 4 is 11.6 Å². The van der Waals surface area contributed by atoms with Gasteiger partial charge in [-0.2, -0.15) is 0 Å². The molecule has 0 aliphatic heterocycles. The van der Waals surface area contributed by atoms with E-state index in [1.807, 2.05) is 6.92 Å². The van der Waals surface area contributed by atoms with Crippen LogP contribution >= 0.6 is 11.6 Å². The number of halogens is 1. The first-order valence-corrected chi connectivity index (χ1v) is 5.71. The van der Waals surface area contributed by atoms with E-state index in [4.69, 9.17) is 11.6 Å². The van der Waals surface area contributed by atoms with Crippen LogP contribution in [0.25, 0.3) is 0 Å². The molecule has 0 amide bonds. The molecule has 1 rings (SSSR count). The minimum Gasteiger partial charge on any atom is -0.297 e. The average molecular weight is 245 g/mol. The van der Waals surface area contributed by atoms with Gasteiger partial charge < -0.3 is 0 Å². The Balaban J connectivity index is 3.21. The molecular weight excluding hydrogens is 228 g/mol. The number of nitrogens with zero attached hydrogens (tertiary/aromatic N) is 1. The third-order valence-corrected chi connectivity index (χ3v) is 3.34. The molecule has 1 heterocycles. The summed E-state index contributed by atoms with van der Waals surface area (Å²) in [5.41, 5.74) is -0.355. The van der Waals surface area contributed by atoms with E-state index in [-0.39, 0.29) is 16.6 Å². The minimum absolute atomic E-state index is 0.128. The fourth-order valence-corrected chi connectivity index (χ4v) is 1.47. The van der Waals surface area contributed by atoms with Crippen molar-refractivity contribution in [2.75, 3.05) is 0 Å². The van der Waals surface area contributed by atoms with Crippen LogP contribution in [0.3, 0.4) is 0 Å². The van der Waals surface area contributed by atoms with Crippen molar-refractivity contribution in [1.82, 2.24) is 9.55 Å². The van der Waals surface area contributed by atoms with Gasteiger partial charge in [-0.25, -0.2) is 4.79 Å². The molecule has 0 fully saturated rings. The molecule has 1 unspecified atom stereocenters. The van der Waals surface area contributed by atoms with E-state index in [0.29, 0.717) is 18.0 Å². The highest BCUT2D eigenvalue weighted by atomic mass is 35.5. The molecule has 0 aliphatic carbocycles. The minimum atomic E-state index is -0.437. The lowest BCUT2D eigenvalue weighted by molar-refractivity contribution is 0.353. The van der Waals surface area contributed by atoms with Gasteiger partial charge >= 0.3 is 5.69 Å². The van der Waals surface area contributed by atoms with E-state index in [0.717, 1.165) is 0 Å². The molecule has 0 spiro atoms. The monoisotopic (exact) mass is 244 g/mol. The summed E-state index contributed by atoms with van der Waals surface area (Å²) in [5, 5.41) is 0.128. The summed E-state index contributed by atoms with van der Waals surface area (Å²) < 4.78 is 1.21. The normalized spacial score (nSPS) is 13.1. The fourth-order valence-electron chi connectivity index (χ4n) is 1.31. The number of aromatic nitrogens is 2. The summed E-state index contributed by atoms with van der Waals surface area (Å²) in [6.45, 7) is 8.17. The van der Waals surface area contributed by atoms with E-state index in [1.54, 1.807) is 6.92 Å². The van der Waals surface area contributed by atoms with Gasteiger partial charge in [0.15, 0.2) is 0 Å². The Morgan fingerprint density at radius 2 is 1.88 bits per heavy atom. The Kier molecular flexibility index (Phi) is 3.97. The highest BCUT2D eigenvalue weighted by molar-refractivity contribution is 6.30. The Bertz CT molecular complexity index is 488. The summed E-state index contributed by atoms with van der Waals surface area (Å²) in [6, 6.07) is 0. The van der Waals surface area contributed by atoms with Gasteiger partial charge in [-0.05, 0) is 18.8 Å². The molecule has 0 bridgehead atoms. The van der Waals surface area contributed by atoms with Crippen LogP contribution in [-0.2, 0) is 6.54 Å². The maximum absolute atomic E-state index is 11.8. The number of nitrogens with one attached hydrogen (secondary N) is 1. The summed E-state index contributed by atoms with van der Waals surface area (Å²) in [7, 11) is 0. The molecule has 0 saturated carbocycles. The standard InChI is InChI=1S/C11H17ClN2O2/c1-6(2)7(3)5-14-10(15)8(4)9(12)13-11(14)16/h6-7H,5H2,1-4H3,(H,13,16). The Labute approximate surface area is 99.3 Å². The van der Waals surface area contributed by atoms with Crippen molar-refractivity contribution in [3.05, 3.63) is 31.6 Å². The van der Waals surface area contributed by atoms with Gasteiger partial charge in [0, 0.05) is 12.1 Å². The molecule has 4 nitrogen and oxygen atoms in total. The van der Waals surface area contributed by atoms with Gasteiger partial charge in [0.05, 0.1) is 0 Å². The van der Waals surface area contributed by atoms with E-state index < -0.39 is 5.69 Å². The highest BCUT2D eigenvalue weighted by Crippen LogP contribution is 2.11. The molecule has 1 atom stereocenters. The van der Waals surface area contributed by atoms with Gasteiger partial charge in [-0.3, -0.25) is 14.3 Å². The lowest BCUT2D eigenvalue weighted by atomic mass is 9.98. The third-order valence-electron chi connectivity index (χ3n) is 2.97. The molecule has 16 heavy (non-hydrogen) atoms. The number of hydrogen-bond acceptors (Lipinski definition) is 2. The van der Waals surface area contributed by atoms with Crippen molar-refractivity contribution in [2.24, 2.45) is 11.8 Å². The van der Waals surface area contributed by atoms with Crippen LogP contribution < -0.4 is 11.2 Å².